The molecule has 3 nitrogen and oxygen atoms in total. The molecule has 0 atom stereocenters. The smallest absolute Gasteiger partial charge is 0.126 e. The largest absolute Gasteiger partial charge is 0.496 e. The lowest BCUT2D eigenvalue weighted by atomic mass is 9.78. The first-order valence-corrected chi connectivity index (χ1v) is 6.56. The van der Waals surface area contributed by atoms with Gasteiger partial charge in [0, 0.05) is 16.7 Å². The molecular formula is C16H26N2O. The van der Waals surface area contributed by atoms with Crippen molar-refractivity contribution in [2.24, 2.45) is 5.73 Å². The Morgan fingerprint density at radius 3 is 1.58 bits per heavy atom. The highest BCUT2D eigenvalue weighted by molar-refractivity contribution is 5.95. The molecule has 3 heteroatoms. The molecule has 0 spiro atoms. The van der Waals surface area contributed by atoms with Crippen LogP contribution in [0.2, 0.25) is 0 Å². The summed E-state index contributed by atoms with van der Waals surface area (Å²) in [6.07, 6.45) is 0. The van der Waals surface area contributed by atoms with Crippen molar-refractivity contribution in [2.75, 3.05) is 7.11 Å². The van der Waals surface area contributed by atoms with Crippen LogP contribution in [0.3, 0.4) is 0 Å². The number of rotatable bonds is 2. The predicted molar refractivity (Wildman–Crippen MR) is 81.4 cm³/mol. The normalized spacial score (nSPS) is 12.4. The molecule has 0 radical (unpaired) electrons. The number of methoxy groups -OCH3 is 1. The molecule has 0 saturated heterocycles. The maximum atomic E-state index is 7.70. The molecule has 0 aliphatic heterocycles. The zero-order chi connectivity index (χ0) is 15.0. The molecule has 0 unspecified atom stereocenters. The molecule has 106 valence electrons. The number of ether oxygens (including phenoxy) is 1. The summed E-state index contributed by atoms with van der Waals surface area (Å²) in [5.41, 5.74) is 8.50. The van der Waals surface area contributed by atoms with E-state index in [2.05, 4.69) is 41.5 Å². The van der Waals surface area contributed by atoms with Gasteiger partial charge in [-0.25, -0.2) is 0 Å². The molecule has 0 fully saturated rings. The molecule has 1 aromatic rings. The fourth-order valence-electron chi connectivity index (χ4n) is 2.12. The van der Waals surface area contributed by atoms with Crippen molar-refractivity contribution in [3.8, 4) is 5.75 Å². The van der Waals surface area contributed by atoms with E-state index in [0.29, 0.717) is 0 Å². The highest BCUT2D eigenvalue weighted by atomic mass is 16.5. The standard InChI is InChI=1S/C16H26N2O/c1-15(2,3)11-8-10(14(17)18)9-12(13(11)19-7)16(4,5)6/h8-9H,1-7H3,(H3,17,18). The van der Waals surface area contributed by atoms with Crippen LogP contribution in [0.4, 0.5) is 0 Å². The van der Waals surface area contributed by atoms with Crippen molar-refractivity contribution >= 4 is 5.84 Å². The number of nitrogen functional groups attached to an aromatic ring is 1. The summed E-state index contributed by atoms with van der Waals surface area (Å²) in [7, 11) is 1.70. The summed E-state index contributed by atoms with van der Waals surface area (Å²) >= 11 is 0. The van der Waals surface area contributed by atoms with Crippen LogP contribution >= 0.6 is 0 Å². The van der Waals surface area contributed by atoms with Gasteiger partial charge in [-0.05, 0) is 23.0 Å². The van der Waals surface area contributed by atoms with Gasteiger partial charge < -0.3 is 10.5 Å². The van der Waals surface area contributed by atoms with E-state index in [1.807, 2.05) is 12.1 Å². The predicted octanol–water partition coefficient (Wildman–Crippen LogP) is 3.57. The lowest BCUT2D eigenvalue weighted by Crippen LogP contribution is -2.22. The van der Waals surface area contributed by atoms with Crippen LogP contribution in [0.25, 0.3) is 0 Å². The van der Waals surface area contributed by atoms with Crippen LogP contribution < -0.4 is 10.5 Å². The molecule has 1 rings (SSSR count). The first kappa shape index (κ1) is 15.5. The Bertz CT molecular complexity index is 455. The van der Waals surface area contributed by atoms with Crippen molar-refractivity contribution in [1.29, 1.82) is 5.41 Å². The Kier molecular flexibility index (Phi) is 3.99. The molecule has 3 N–H and O–H groups in total. The Morgan fingerprint density at radius 2 is 1.37 bits per heavy atom. The molecular weight excluding hydrogens is 236 g/mol. The van der Waals surface area contributed by atoms with E-state index in [1.165, 1.54) is 0 Å². The minimum Gasteiger partial charge on any atom is -0.496 e. The number of hydrogen-bond acceptors (Lipinski definition) is 2. The van der Waals surface area contributed by atoms with Gasteiger partial charge in [-0.3, -0.25) is 5.41 Å². The van der Waals surface area contributed by atoms with Crippen LogP contribution in [-0.2, 0) is 10.8 Å². The first-order chi connectivity index (χ1) is 8.48. The minimum absolute atomic E-state index is 0.0587. The lowest BCUT2D eigenvalue weighted by molar-refractivity contribution is 0.381. The van der Waals surface area contributed by atoms with Gasteiger partial charge in [-0.1, -0.05) is 41.5 Å². The van der Waals surface area contributed by atoms with E-state index in [0.717, 1.165) is 22.4 Å². The lowest BCUT2D eigenvalue weighted by Gasteiger charge is -2.29. The maximum absolute atomic E-state index is 7.70. The zero-order valence-corrected chi connectivity index (χ0v) is 13.1. The Morgan fingerprint density at radius 1 is 1.00 bits per heavy atom. The van der Waals surface area contributed by atoms with Gasteiger partial charge in [0.25, 0.3) is 0 Å². The summed E-state index contributed by atoms with van der Waals surface area (Å²) in [6.45, 7) is 12.8. The Balaban J connectivity index is 3.72. The summed E-state index contributed by atoms with van der Waals surface area (Å²) in [6, 6.07) is 3.94. The fourth-order valence-corrected chi connectivity index (χ4v) is 2.12. The second kappa shape index (κ2) is 4.87. The maximum Gasteiger partial charge on any atom is 0.126 e. The number of nitrogens with one attached hydrogen (secondary N) is 1. The van der Waals surface area contributed by atoms with Gasteiger partial charge in [0.05, 0.1) is 7.11 Å². The molecule has 0 aromatic heterocycles. The molecule has 1 aromatic carbocycles. The van der Waals surface area contributed by atoms with Gasteiger partial charge in [0.1, 0.15) is 11.6 Å². The topological polar surface area (TPSA) is 59.1 Å². The van der Waals surface area contributed by atoms with Crippen LogP contribution in [0.1, 0.15) is 58.2 Å². The van der Waals surface area contributed by atoms with E-state index >= 15 is 0 Å². The van der Waals surface area contributed by atoms with Crippen LogP contribution in [0.5, 0.6) is 5.75 Å². The summed E-state index contributed by atoms with van der Waals surface area (Å²) in [4.78, 5) is 0. The molecule has 0 heterocycles. The third kappa shape index (κ3) is 3.28. The van der Waals surface area contributed by atoms with E-state index in [1.54, 1.807) is 7.11 Å². The third-order valence-corrected chi connectivity index (χ3v) is 3.22. The van der Waals surface area contributed by atoms with Gasteiger partial charge in [-0.2, -0.15) is 0 Å². The minimum atomic E-state index is -0.0587. The van der Waals surface area contributed by atoms with Gasteiger partial charge in [0.15, 0.2) is 0 Å². The first-order valence-electron chi connectivity index (χ1n) is 6.56. The highest BCUT2D eigenvalue weighted by Crippen LogP contribution is 2.40. The number of amidine groups is 1. The SMILES string of the molecule is COc1c(C(C)(C)C)cc(C(=N)N)cc1C(C)(C)C. The molecule has 0 bridgehead atoms. The summed E-state index contributed by atoms with van der Waals surface area (Å²) in [5.74, 6) is 1.00. The van der Waals surface area contributed by atoms with Crippen LogP contribution in [0.15, 0.2) is 12.1 Å². The second-order valence-corrected chi connectivity index (χ2v) is 7.02. The van der Waals surface area contributed by atoms with Crippen molar-refractivity contribution in [3.63, 3.8) is 0 Å². The van der Waals surface area contributed by atoms with Gasteiger partial charge >= 0.3 is 0 Å². The third-order valence-electron chi connectivity index (χ3n) is 3.22. The van der Waals surface area contributed by atoms with E-state index < -0.39 is 0 Å². The van der Waals surface area contributed by atoms with E-state index in [-0.39, 0.29) is 16.7 Å². The molecule has 0 aliphatic carbocycles. The molecule has 0 saturated carbocycles. The summed E-state index contributed by atoms with van der Waals surface area (Å²) < 4.78 is 5.65. The quantitative estimate of drug-likeness (QED) is 0.632. The van der Waals surface area contributed by atoms with Crippen LogP contribution in [-0.4, -0.2) is 12.9 Å². The van der Waals surface area contributed by atoms with E-state index in [4.69, 9.17) is 15.9 Å². The second-order valence-electron chi connectivity index (χ2n) is 7.02. The van der Waals surface area contributed by atoms with Crippen molar-refractivity contribution in [2.45, 2.75) is 52.4 Å². The Hall–Kier alpha value is -1.51. The van der Waals surface area contributed by atoms with Gasteiger partial charge in [0.2, 0.25) is 0 Å². The van der Waals surface area contributed by atoms with Crippen molar-refractivity contribution in [3.05, 3.63) is 28.8 Å². The average molecular weight is 262 g/mol. The zero-order valence-electron chi connectivity index (χ0n) is 13.1. The van der Waals surface area contributed by atoms with Gasteiger partial charge in [-0.15, -0.1) is 0 Å². The Labute approximate surface area is 116 Å². The highest BCUT2D eigenvalue weighted by Gasteiger charge is 2.27. The molecule has 0 amide bonds. The number of benzene rings is 1. The molecule has 19 heavy (non-hydrogen) atoms. The van der Waals surface area contributed by atoms with Crippen molar-refractivity contribution < 1.29 is 4.74 Å². The van der Waals surface area contributed by atoms with E-state index in [9.17, 15) is 0 Å². The number of hydrogen-bond donors (Lipinski definition) is 2. The fraction of sp³-hybridized carbons (Fsp3) is 0.562. The molecule has 0 aliphatic rings. The summed E-state index contributed by atoms with van der Waals surface area (Å²) in [5, 5.41) is 7.70. The van der Waals surface area contributed by atoms with Crippen molar-refractivity contribution in [1.82, 2.24) is 0 Å². The monoisotopic (exact) mass is 262 g/mol. The average Bonchev–Trinajstić information content (AvgIpc) is 2.24. The van der Waals surface area contributed by atoms with Crippen LogP contribution in [0, 0.1) is 5.41 Å². The number of nitrogens with two attached hydrogens (primary N) is 1.